The maximum absolute atomic E-state index is 12.9. The Morgan fingerprint density at radius 2 is 2.08 bits per heavy atom. The minimum absolute atomic E-state index is 0.00324. The zero-order valence-corrected chi connectivity index (χ0v) is 13.5. The first-order chi connectivity index (χ1) is 11.7. The largest absolute Gasteiger partial charge is 0.368 e. The number of hydrogen-bond donors (Lipinski definition) is 2. The molecule has 1 aromatic carbocycles. The molecule has 2 amide bonds. The molecule has 4 aliphatic heterocycles. The molecule has 1 aromatic rings. The van der Waals surface area contributed by atoms with Crippen LogP contribution in [0.25, 0.3) is 0 Å². The second-order valence-electron chi connectivity index (χ2n) is 7.29. The molecule has 3 saturated heterocycles. The lowest BCUT2D eigenvalue weighted by Gasteiger charge is -2.43. The van der Waals surface area contributed by atoms with Crippen LogP contribution in [0.5, 0.6) is 0 Å². The van der Waals surface area contributed by atoms with Crippen molar-refractivity contribution in [2.45, 2.75) is 56.0 Å². The maximum Gasteiger partial charge on any atom is 0.255 e. The molecule has 0 saturated carbocycles. The minimum atomic E-state index is -0.539. The fraction of sp³-hybridized carbons (Fsp3) is 0.556. The van der Waals surface area contributed by atoms with E-state index in [0.29, 0.717) is 12.2 Å². The summed E-state index contributed by atoms with van der Waals surface area (Å²) in [6, 6.07) is 7.75. The third kappa shape index (κ3) is 1.86. The van der Waals surface area contributed by atoms with Gasteiger partial charge in [-0.15, -0.1) is 0 Å². The highest BCUT2D eigenvalue weighted by Crippen LogP contribution is 2.47. The normalized spacial score (nSPS) is 36.6. The molecule has 0 radical (unpaired) electrons. The summed E-state index contributed by atoms with van der Waals surface area (Å²) in [5, 5.41) is 6.71. The predicted octanol–water partition coefficient (Wildman–Crippen LogP) is 1.48. The Balaban J connectivity index is 1.47. The first kappa shape index (κ1) is 14.3. The van der Waals surface area contributed by atoms with Crippen LogP contribution in [0, 0.1) is 0 Å². The van der Waals surface area contributed by atoms with E-state index in [4.69, 9.17) is 4.74 Å². The fourth-order valence-electron chi connectivity index (χ4n) is 4.95. The number of carbonyl (C=O) groups excluding carboxylic acids is 2. The van der Waals surface area contributed by atoms with Crippen molar-refractivity contribution in [2.75, 3.05) is 11.9 Å². The molecule has 6 heteroatoms. The Morgan fingerprint density at radius 1 is 1.21 bits per heavy atom. The van der Waals surface area contributed by atoms with Crippen molar-refractivity contribution < 1.29 is 14.3 Å². The number of nitrogens with one attached hydrogen (secondary N) is 2. The lowest BCUT2D eigenvalue weighted by Crippen LogP contribution is -2.64. The van der Waals surface area contributed by atoms with Gasteiger partial charge in [0.25, 0.3) is 11.8 Å². The van der Waals surface area contributed by atoms with Gasteiger partial charge in [0.2, 0.25) is 0 Å². The number of para-hydroxylation sites is 1. The summed E-state index contributed by atoms with van der Waals surface area (Å²) in [4.78, 5) is 27.5. The maximum atomic E-state index is 12.9. The van der Waals surface area contributed by atoms with E-state index in [0.717, 1.165) is 37.8 Å². The zero-order chi connectivity index (χ0) is 16.3. The standard InChI is InChI=1S/C18H21N3O3/c22-16-12-4-1-2-5-13(12)19-18(20-16)10-11-7-8-15(18)21(11)17(23)14-6-3-9-24-14/h1-2,4-5,11,14-15,19H,3,6-10H2,(H,20,22)/t11-,14-,15-,18+/m0/s1. The second-order valence-corrected chi connectivity index (χ2v) is 7.29. The molecule has 5 rings (SSSR count). The number of nitrogens with zero attached hydrogens (tertiary/aromatic N) is 1. The Labute approximate surface area is 140 Å². The highest BCUT2D eigenvalue weighted by molar-refractivity contribution is 6.02. The number of fused-ring (bicyclic) bond motifs is 4. The van der Waals surface area contributed by atoms with Gasteiger partial charge in [0, 0.05) is 24.8 Å². The molecule has 6 nitrogen and oxygen atoms in total. The Bertz CT molecular complexity index is 715. The van der Waals surface area contributed by atoms with Crippen LogP contribution in [0.3, 0.4) is 0 Å². The molecule has 126 valence electrons. The smallest absolute Gasteiger partial charge is 0.255 e. The van der Waals surface area contributed by atoms with Crippen LogP contribution >= 0.6 is 0 Å². The summed E-state index contributed by atoms with van der Waals surface area (Å²) >= 11 is 0. The van der Waals surface area contributed by atoms with Crippen LogP contribution < -0.4 is 10.6 Å². The van der Waals surface area contributed by atoms with Gasteiger partial charge in [-0.1, -0.05) is 12.1 Å². The number of rotatable bonds is 1. The summed E-state index contributed by atoms with van der Waals surface area (Å²) in [6.07, 6.45) is 4.14. The first-order valence-electron chi connectivity index (χ1n) is 8.81. The summed E-state index contributed by atoms with van der Waals surface area (Å²) in [7, 11) is 0. The number of benzene rings is 1. The predicted molar refractivity (Wildman–Crippen MR) is 87.5 cm³/mol. The third-order valence-electron chi connectivity index (χ3n) is 5.95. The van der Waals surface area contributed by atoms with Crippen molar-refractivity contribution in [3.8, 4) is 0 Å². The average molecular weight is 327 g/mol. The van der Waals surface area contributed by atoms with Crippen LogP contribution in [0.4, 0.5) is 5.69 Å². The van der Waals surface area contributed by atoms with Gasteiger partial charge >= 0.3 is 0 Å². The highest BCUT2D eigenvalue weighted by atomic mass is 16.5. The number of amides is 2. The summed E-state index contributed by atoms with van der Waals surface area (Å²) < 4.78 is 5.61. The molecule has 2 N–H and O–H groups in total. The Kier molecular flexibility index (Phi) is 2.95. The highest BCUT2D eigenvalue weighted by Gasteiger charge is 2.60. The van der Waals surface area contributed by atoms with Crippen molar-refractivity contribution in [1.82, 2.24) is 10.2 Å². The summed E-state index contributed by atoms with van der Waals surface area (Å²) in [6.45, 7) is 0.674. The minimum Gasteiger partial charge on any atom is -0.368 e. The van der Waals surface area contributed by atoms with Crippen LogP contribution in [0.15, 0.2) is 24.3 Å². The topological polar surface area (TPSA) is 70.7 Å². The van der Waals surface area contributed by atoms with Gasteiger partial charge in [-0.3, -0.25) is 9.59 Å². The van der Waals surface area contributed by atoms with Crippen molar-refractivity contribution >= 4 is 17.5 Å². The lowest BCUT2D eigenvalue weighted by molar-refractivity contribution is -0.142. The Hall–Kier alpha value is -2.08. The zero-order valence-electron chi connectivity index (χ0n) is 13.5. The van der Waals surface area contributed by atoms with E-state index in [9.17, 15) is 9.59 Å². The van der Waals surface area contributed by atoms with Crippen LogP contribution in [0.1, 0.15) is 42.5 Å². The van der Waals surface area contributed by atoms with E-state index >= 15 is 0 Å². The van der Waals surface area contributed by atoms with E-state index in [1.165, 1.54) is 0 Å². The molecule has 4 atom stereocenters. The summed E-state index contributed by atoms with van der Waals surface area (Å²) in [5.74, 6) is 0.0493. The number of ether oxygens (including phenoxy) is 1. The summed E-state index contributed by atoms with van der Waals surface area (Å²) in [5.41, 5.74) is 0.990. The van der Waals surface area contributed by atoms with Crippen molar-refractivity contribution in [3.63, 3.8) is 0 Å². The fourth-order valence-corrected chi connectivity index (χ4v) is 4.95. The van der Waals surface area contributed by atoms with Crippen LogP contribution in [-0.2, 0) is 9.53 Å². The SMILES string of the molecule is O=C1N[C@@]2(C[C@@H]3CC[C@@H]2N3C(=O)[C@@H]2CCCO2)Nc2ccccc21. The van der Waals surface area contributed by atoms with Crippen molar-refractivity contribution in [1.29, 1.82) is 0 Å². The van der Waals surface area contributed by atoms with Crippen molar-refractivity contribution in [3.05, 3.63) is 29.8 Å². The molecule has 0 unspecified atom stereocenters. The molecular weight excluding hydrogens is 306 g/mol. The van der Waals surface area contributed by atoms with E-state index in [-0.39, 0.29) is 30.0 Å². The van der Waals surface area contributed by atoms with Gasteiger partial charge in [-0.25, -0.2) is 0 Å². The van der Waals surface area contributed by atoms with Gasteiger partial charge in [0.05, 0.1) is 11.6 Å². The number of hydrogen-bond acceptors (Lipinski definition) is 4. The van der Waals surface area contributed by atoms with Gasteiger partial charge in [0.1, 0.15) is 11.8 Å². The van der Waals surface area contributed by atoms with Gasteiger partial charge in [-0.2, -0.15) is 0 Å². The van der Waals surface area contributed by atoms with E-state index in [1.807, 2.05) is 29.2 Å². The van der Waals surface area contributed by atoms with Crippen LogP contribution in [-0.4, -0.2) is 47.2 Å². The lowest BCUT2D eigenvalue weighted by atomic mass is 9.86. The van der Waals surface area contributed by atoms with Gasteiger partial charge < -0.3 is 20.3 Å². The van der Waals surface area contributed by atoms with E-state index in [2.05, 4.69) is 10.6 Å². The second kappa shape index (κ2) is 4.96. The molecule has 24 heavy (non-hydrogen) atoms. The molecule has 4 aliphatic rings. The van der Waals surface area contributed by atoms with Crippen LogP contribution in [0.2, 0.25) is 0 Å². The molecule has 2 bridgehead atoms. The first-order valence-corrected chi connectivity index (χ1v) is 8.81. The Morgan fingerprint density at radius 3 is 2.92 bits per heavy atom. The molecule has 0 aliphatic carbocycles. The van der Waals surface area contributed by atoms with E-state index < -0.39 is 5.66 Å². The molecule has 1 spiro atoms. The van der Waals surface area contributed by atoms with Gasteiger partial charge in [-0.05, 0) is 37.8 Å². The number of carbonyl (C=O) groups is 2. The quantitative estimate of drug-likeness (QED) is 0.820. The molecule has 0 aromatic heterocycles. The molecule has 3 fully saturated rings. The third-order valence-corrected chi connectivity index (χ3v) is 5.95. The molecular formula is C18H21N3O3. The van der Waals surface area contributed by atoms with E-state index in [1.54, 1.807) is 0 Å². The molecule has 4 heterocycles. The van der Waals surface area contributed by atoms with Gasteiger partial charge in [0.15, 0.2) is 0 Å². The monoisotopic (exact) mass is 327 g/mol. The van der Waals surface area contributed by atoms with Crippen molar-refractivity contribution in [2.24, 2.45) is 0 Å². The number of anilines is 1. The average Bonchev–Trinajstić information content (AvgIpc) is 3.29.